The van der Waals surface area contributed by atoms with Gasteiger partial charge in [0.15, 0.2) is 0 Å². The van der Waals surface area contributed by atoms with Crippen LogP contribution in [0, 0.1) is 0 Å². The van der Waals surface area contributed by atoms with Crippen LogP contribution in [0.25, 0.3) is 0 Å². The second kappa shape index (κ2) is 6.50. The van der Waals surface area contributed by atoms with Gasteiger partial charge in [-0.05, 0) is 26.7 Å². The fraction of sp³-hybridized carbons (Fsp3) is 0.643. The van der Waals surface area contributed by atoms with Crippen LogP contribution in [0.2, 0.25) is 0 Å². The van der Waals surface area contributed by atoms with Gasteiger partial charge in [-0.3, -0.25) is 9.78 Å². The minimum absolute atomic E-state index is 0.00153. The molecule has 1 aromatic rings. The Morgan fingerprint density at radius 2 is 2.26 bits per heavy atom. The molecule has 0 saturated carbocycles. The van der Waals surface area contributed by atoms with E-state index in [-0.39, 0.29) is 5.91 Å². The van der Waals surface area contributed by atoms with Gasteiger partial charge in [0.05, 0.1) is 12.4 Å². The Morgan fingerprint density at radius 3 is 3.05 bits per heavy atom. The van der Waals surface area contributed by atoms with Gasteiger partial charge in [-0.15, -0.1) is 0 Å². The van der Waals surface area contributed by atoms with Gasteiger partial charge in [-0.1, -0.05) is 12.8 Å². The first-order chi connectivity index (χ1) is 9.22. The molecule has 1 atom stereocenters. The van der Waals surface area contributed by atoms with Crippen molar-refractivity contribution in [3.05, 3.63) is 18.1 Å². The van der Waals surface area contributed by atoms with Crippen molar-refractivity contribution in [2.45, 2.75) is 45.6 Å². The zero-order valence-corrected chi connectivity index (χ0v) is 11.7. The van der Waals surface area contributed by atoms with Crippen LogP contribution in [-0.2, 0) is 0 Å². The van der Waals surface area contributed by atoms with Gasteiger partial charge in [0.2, 0.25) is 0 Å². The summed E-state index contributed by atoms with van der Waals surface area (Å²) >= 11 is 0. The van der Waals surface area contributed by atoms with Crippen LogP contribution in [0.15, 0.2) is 12.4 Å². The van der Waals surface area contributed by atoms with Crippen LogP contribution < -0.4 is 5.32 Å². The van der Waals surface area contributed by atoms with E-state index in [1.54, 1.807) is 12.4 Å². The fourth-order valence-corrected chi connectivity index (χ4v) is 2.46. The number of anilines is 1. The molecule has 1 aromatic heterocycles. The minimum Gasteiger partial charge on any atom is -0.369 e. The Balaban J connectivity index is 2.15. The third-order valence-electron chi connectivity index (χ3n) is 3.53. The van der Waals surface area contributed by atoms with E-state index in [0.29, 0.717) is 17.6 Å². The molecule has 1 amide bonds. The Morgan fingerprint density at radius 1 is 1.42 bits per heavy atom. The van der Waals surface area contributed by atoms with E-state index >= 15 is 0 Å². The molecule has 0 spiro atoms. The Kier molecular flexibility index (Phi) is 4.71. The molecule has 0 bridgehead atoms. The summed E-state index contributed by atoms with van der Waals surface area (Å²) in [5.74, 6) is 0.664. The van der Waals surface area contributed by atoms with Crippen molar-refractivity contribution in [2.75, 3.05) is 18.4 Å². The second-order valence-corrected chi connectivity index (χ2v) is 5.02. The summed E-state index contributed by atoms with van der Waals surface area (Å²) in [5, 5.41) is 3.08. The van der Waals surface area contributed by atoms with E-state index in [1.807, 2.05) is 11.8 Å². The van der Waals surface area contributed by atoms with Crippen molar-refractivity contribution in [1.29, 1.82) is 0 Å². The molecule has 2 rings (SSSR count). The summed E-state index contributed by atoms with van der Waals surface area (Å²) < 4.78 is 0. The first kappa shape index (κ1) is 13.8. The molecule has 1 N–H and O–H groups in total. The lowest BCUT2D eigenvalue weighted by Crippen LogP contribution is -2.38. The lowest BCUT2D eigenvalue weighted by Gasteiger charge is -2.26. The molecule has 0 radical (unpaired) electrons. The van der Waals surface area contributed by atoms with E-state index < -0.39 is 0 Å². The molecule has 0 aliphatic carbocycles. The summed E-state index contributed by atoms with van der Waals surface area (Å²) in [5.41, 5.74) is 0.437. The molecule has 19 heavy (non-hydrogen) atoms. The molecule has 1 fully saturated rings. The highest BCUT2D eigenvalue weighted by molar-refractivity contribution is 5.92. The predicted molar refractivity (Wildman–Crippen MR) is 75.2 cm³/mol. The van der Waals surface area contributed by atoms with Gasteiger partial charge in [-0.2, -0.15) is 0 Å². The molecular weight excluding hydrogens is 240 g/mol. The van der Waals surface area contributed by atoms with Crippen LogP contribution in [0.5, 0.6) is 0 Å². The van der Waals surface area contributed by atoms with Gasteiger partial charge >= 0.3 is 0 Å². The molecule has 5 nitrogen and oxygen atoms in total. The zero-order chi connectivity index (χ0) is 13.7. The van der Waals surface area contributed by atoms with E-state index in [2.05, 4.69) is 22.2 Å². The van der Waals surface area contributed by atoms with E-state index in [0.717, 1.165) is 25.9 Å². The Bertz CT molecular complexity index is 435. The van der Waals surface area contributed by atoms with Gasteiger partial charge < -0.3 is 10.2 Å². The molecule has 104 valence electrons. The van der Waals surface area contributed by atoms with Crippen molar-refractivity contribution >= 4 is 11.7 Å². The summed E-state index contributed by atoms with van der Waals surface area (Å²) in [6.45, 7) is 5.71. The maximum atomic E-state index is 12.5. The maximum absolute atomic E-state index is 12.5. The van der Waals surface area contributed by atoms with Crippen LogP contribution in [0.4, 0.5) is 5.82 Å². The van der Waals surface area contributed by atoms with Crippen LogP contribution in [0.1, 0.15) is 50.0 Å². The fourth-order valence-electron chi connectivity index (χ4n) is 2.46. The van der Waals surface area contributed by atoms with Crippen LogP contribution in [-0.4, -0.2) is 39.9 Å². The highest BCUT2D eigenvalue weighted by Gasteiger charge is 2.24. The van der Waals surface area contributed by atoms with Crippen molar-refractivity contribution in [3.8, 4) is 0 Å². The zero-order valence-electron chi connectivity index (χ0n) is 11.7. The SMILES string of the molecule is CCNc1cncc(C(=O)N2CCCCCC2C)n1. The number of likely N-dealkylation sites (tertiary alicyclic amines) is 1. The standard InChI is InChI=1S/C14H22N4O/c1-3-16-13-10-15-9-12(17-13)14(19)18-8-6-4-5-7-11(18)2/h9-11H,3-8H2,1-2H3,(H,16,17). The molecule has 1 saturated heterocycles. The van der Waals surface area contributed by atoms with Gasteiger partial charge in [0.25, 0.3) is 5.91 Å². The summed E-state index contributed by atoms with van der Waals surface area (Å²) in [4.78, 5) is 22.9. The number of amides is 1. The summed E-state index contributed by atoms with van der Waals surface area (Å²) in [6.07, 6.45) is 7.76. The van der Waals surface area contributed by atoms with Crippen LogP contribution >= 0.6 is 0 Å². The lowest BCUT2D eigenvalue weighted by molar-refractivity contribution is 0.0691. The summed E-state index contributed by atoms with van der Waals surface area (Å²) in [7, 11) is 0. The number of carbonyl (C=O) groups excluding carboxylic acids is 1. The average Bonchev–Trinajstić information content (AvgIpc) is 2.63. The van der Waals surface area contributed by atoms with Crippen molar-refractivity contribution in [3.63, 3.8) is 0 Å². The van der Waals surface area contributed by atoms with Crippen molar-refractivity contribution in [2.24, 2.45) is 0 Å². The monoisotopic (exact) mass is 262 g/mol. The Hall–Kier alpha value is -1.65. The number of hydrogen-bond donors (Lipinski definition) is 1. The normalized spacial score (nSPS) is 19.9. The highest BCUT2D eigenvalue weighted by Crippen LogP contribution is 2.18. The largest absolute Gasteiger partial charge is 0.369 e. The number of carbonyl (C=O) groups is 1. The highest BCUT2D eigenvalue weighted by atomic mass is 16.2. The first-order valence-corrected chi connectivity index (χ1v) is 7.09. The number of nitrogens with one attached hydrogen (secondary N) is 1. The van der Waals surface area contributed by atoms with Crippen molar-refractivity contribution in [1.82, 2.24) is 14.9 Å². The first-order valence-electron chi connectivity index (χ1n) is 7.09. The summed E-state index contributed by atoms with van der Waals surface area (Å²) in [6, 6.07) is 0.291. The topological polar surface area (TPSA) is 58.1 Å². The number of hydrogen-bond acceptors (Lipinski definition) is 4. The molecule has 1 unspecified atom stereocenters. The lowest BCUT2D eigenvalue weighted by atomic mass is 10.1. The van der Waals surface area contributed by atoms with E-state index in [1.165, 1.54) is 12.8 Å². The number of nitrogens with zero attached hydrogens (tertiary/aromatic N) is 3. The van der Waals surface area contributed by atoms with Crippen molar-refractivity contribution < 1.29 is 4.79 Å². The molecule has 0 aromatic carbocycles. The van der Waals surface area contributed by atoms with Gasteiger partial charge in [0, 0.05) is 19.1 Å². The Labute approximate surface area is 114 Å². The minimum atomic E-state index is 0.00153. The maximum Gasteiger partial charge on any atom is 0.274 e. The van der Waals surface area contributed by atoms with Gasteiger partial charge in [-0.25, -0.2) is 4.98 Å². The molecular formula is C14H22N4O. The molecule has 2 heterocycles. The quantitative estimate of drug-likeness (QED) is 0.908. The van der Waals surface area contributed by atoms with Crippen LogP contribution in [0.3, 0.4) is 0 Å². The third kappa shape index (κ3) is 3.43. The molecule has 5 heteroatoms. The molecule has 1 aliphatic heterocycles. The van der Waals surface area contributed by atoms with E-state index in [9.17, 15) is 4.79 Å². The molecule has 1 aliphatic rings. The number of aromatic nitrogens is 2. The second-order valence-electron chi connectivity index (χ2n) is 5.02. The average molecular weight is 262 g/mol. The third-order valence-corrected chi connectivity index (χ3v) is 3.53. The van der Waals surface area contributed by atoms with Gasteiger partial charge in [0.1, 0.15) is 11.5 Å². The predicted octanol–water partition coefficient (Wildman–Crippen LogP) is 2.31. The number of rotatable bonds is 3. The smallest absolute Gasteiger partial charge is 0.274 e. The van der Waals surface area contributed by atoms with E-state index in [4.69, 9.17) is 0 Å².